The van der Waals surface area contributed by atoms with E-state index >= 15 is 0 Å². The topological polar surface area (TPSA) is 96.2 Å². The minimum atomic E-state index is -0.155. The second-order valence-electron chi connectivity index (χ2n) is 7.74. The SMILES string of the molecule is Nc1ccnc2cc(CN3CCC(NCc4cc5c(cn4)NCC5)C3=O)ccc12. The average Bonchev–Trinajstić information content (AvgIpc) is 3.33. The van der Waals surface area contributed by atoms with E-state index < -0.39 is 0 Å². The van der Waals surface area contributed by atoms with Gasteiger partial charge in [0.1, 0.15) is 0 Å². The molecule has 2 aliphatic heterocycles. The number of nitrogens with one attached hydrogen (secondary N) is 2. The molecule has 148 valence electrons. The Morgan fingerprint density at radius 1 is 1.24 bits per heavy atom. The number of benzene rings is 1. The van der Waals surface area contributed by atoms with Crippen molar-refractivity contribution >= 4 is 28.2 Å². The number of hydrogen-bond acceptors (Lipinski definition) is 6. The number of nitrogen functional groups attached to an aromatic ring is 1. The van der Waals surface area contributed by atoms with Crippen LogP contribution in [0.25, 0.3) is 10.9 Å². The third-order valence-electron chi connectivity index (χ3n) is 5.80. The lowest BCUT2D eigenvalue weighted by Gasteiger charge is -2.18. The van der Waals surface area contributed by atoms with Gasteiger partial charge in [-0.1, -0.05) is 12.1 Å². The van der Waals surface area contributed by atoms with E-state index in [2.05, 4.69) is 26.7 Å². The molecule has 1 aromatic carbocycles. The Kier molecular flexibility index (Phi) is 4.52. The van der Waals surface area contributed by atoms with Crippen LogP contribution in [-0.4, -0.2) is 39.9 Å². The Balaban J connectivity index is 1.22. The Morgan fingerprint density at radius 3 is 3.10 bits per heavy atom. The zero-order chi connectivity index (χ0) is 19.8. The van der Waals surface area contributed by atoms with Gasteiger partial charge in [0.2, 0.25) is 5.91 Å². The number of aromatic nitrogens is 2. The number of likely N-dealkylation sites (tertiary alicyclic amines) is 1. The molecule has 29 heavy (non-hydrogen) atoms. The van der Waals surface area contributed by atoms with Crippen LogP contribution in [0, 0.1) is 0 Å². The fourth-order valence-electron chi connectivity index (χ4n) is 4.19. The Bertz CT molecular complexity index is 1080. The number of rotatable bonds is 5. The maximum atomic E-state index is 12.8. The van der Waals surface area contributed by atoms with Crippen molar-refractivity contribution < 1.29 is 4.79 Å². The molecule has 3 aromatic rings. The smallest absolute Gasteiger partial charge is 0.240 e. The summed E-state index contributed by atoms with van der Waals surface area (Å²) in [5.74, 6) is 0.147. The summed E-state index contributed by atoms with van der Waals surface area (Å²) in [5.41, 5.74) is 12.1. The summed E-state index contributed by atoms with van der Waals surface area (Å²) >= 11 is 0. The van der Waals surface area contributed by atoms with Crippen molar-refractivity contribution in [1.29, 1.82) is 0 Å². The highest BCUT2D eigenvalue weighted by Crippen LogP contribution is 2.23. The highest BCUT2D eigenvalue weighted by atomic mass is 16.2. The Labute approximate surface area is 169 Å². The second-order valence-corrected chi connectivity index (χ2v) is 7.74. The van der Waals surface area contributed by atoms with Gasteiger partial charge in [-0.15, -0.1) is 0 Å². The van der Waals surface area contributed by atoms with Crippen LogP contribution in [0.2, 0.25) is 0 Å². The van der Waals surface area contributed by atoms with Crippen molar-refractivity contribution in [1.82, 2.24) is 20.2 Å². The molecular weight excluding hydrogens is 364 g/mol. The van der Waals surface area contributed by atoms with Gasteiger partial charge >= 0.3 is 0 Å². The fraction of sp³-hybridized carbons (Fsp3) is 0.318. The van der Waals surface area contributed by atoms with Gasteiger partial charge in [-0.05, 0) is 42.2 Å². The number of fused-ring (bicyclic) bond motifs is 2. The third kappa shape index (κ3) is 3.49. The molecule has 0 saturated carbocycles. The van der Waals surface area contributed by atoms with Crippen molar-refractivity contribution in [2.75, 3.05) is 24.1 Å². The molecular formula is C22H24N6O. The molecule has 1 amide bonds. The molecule has 0 radical (unpaired) electrons. The summed E-state index contributed by atoms with van der Waals surface area (Å²) in [6.07, 6.45) is 5.45. The number of anilines is 2. The number of nitrogens with zero attached hydrogens (tertiary/aromatic N) is 3. The molecule has 2 aliphatic rings. The van der Waals surface area contributed by atoms with Gasteiger partial charge in [0.15, 0.2) is 0 Å². The highest BCUT2D eigenvalue weighted by molar-refractivity contribution is 5.90. The molecule has 1 atom stereocenters. The highest BCUT2D eigenvalue weighted by Gasteiger charge is 2.31. The van der Waals surface area contributed by atoms with E-state index in [-0.39, 0.29) is 11.9 Å². The quantitative estimate of drug-likeness (QED) is 0.619. The van der Waals surface area contributed by atoms with Crippen LogP contribution in [0.15, 0.2) is 42.7 Å². The first-order valence-electron chi connectivity index (χ1n) is 10.0. The van der Waals surface area contributed by atoms with Crippen LogP contribution in [0.3, 0.4) is 0 Å². The lowest BCUT2D eigenvalue weighted by molar-refractivity contribution is -0.129. The van der Waals surface area contributed by atoms with Gasteiger partial charge in [0, 0.05) is 43.4 Å². The van der Waals surface area contributed by atoms with Gasteiger partial charge in [-0.2, -0.15) is 0 Å². The minimum Gasteiger partial charge on any atom is -0.398 e. The van der Waals surface area contributed by atoms with E-state index in [0.717, 1.165) is 59.5 Å². The van der Waals surface area contributed by atoms with Gasteiger partial charge in [0.05, 0.1) is 29.1 Å². The molecule has 7 nitrogen and oxygen atoms in total. The number of carbonyl (C=O) groups is 1. The lowest BCUT2D eigenvalue weighted by Crippen LogP contribution is -2.37. The molecule has 5 rings (SSSR count). The maximum Gasteiger partial charge on any atom is 0.240 e. The molecule has 7 heteroatoms. The lowest BCUT2D eigenvalue weighted by atomic mass is 10.1. The molecule has 0 bridgehead atoms. The molecule has 1 unspecified atom stereocenters. The van der Waals surface area contributed by atoms with Crippen molar-refractivity contribution in [2.24, 2.45) is 0 Å². The fourth-order valence-corrected chi connectivity index (χ4v) is 4.19. The minimum absolute atomic E-state index is 0.147. The van der Waals surface area contributed by atoms with E-state index in [1.807, 2.05) is 29.3 Å². The number of nitrogens with two attached hydrogens (primary N) is 1. The molecule has 2 aromatic heterocycles. The van der Waals surface area contributed by atoms with Crippen LogP contribution in [0.1, 0.15) is 23.2 Å². The van der Waals surface area contributed by atoms with Crippen LogP contribution < -0.4 is 16.4 Å². The van der Waals surface area contributed by atoms with Crippen LogP contribution in [0.4, 0.5) is 11.4 Å². The number of amides is 1. The zero-order valence-electron chi connectivity index (χ0n) is 16.2. The first-order chi connectivity index (χ1) is 14.2. The number of carbonyl (C=O) groups excluding carboxylic acids is 1. The summed E-state index contributed by atoms with van der Waals surface area (Å²) in [6, 6.07) is 9.80. The van der Waals surface area contributed by atoms with Gasteiger partial charge in [-0.3, -0.25) is 14.8 Å². The van der Waals surface area contributed by atoms with Gasteiger partial charge < -0.3 is 21.3 Å². The molecule has 4 heterocycles. The van der Waals surface area contributed by atoms with Crippen molar-refractivity contribution in [3.05, 3.63) is 59.5 Å². The summed E-state index contributed by atoms with van der Waals surface area (Å²) in [4.78, 5) is 23.6. The third-order valence-corrected chi connectivity index (χ3v) is 5.80. The predicted octanol–water partition coefficient (Wildman–Crippen LogP) is 2.07. The van der Waals surface area contributed by atoms with Crippen molar-refractivity contribution in [3.8, 4) is 0 Å². The van der Waals surface area contributed by atoms with Crippen molar-refractivity contribution in [3.63, 3.8) is 0 Å². The molecule has 0 spiro atoms. The van der Waals surface area contributed by atoms with Crippen LogP contribution in [-0.2, 0) is 24.3 Å². The summed E-state index contributed by atoms with van der Waals surface area (Å²) < 4.78 is 0. The first kappa shape index (κ1) is 17.9. The summed E-state index contributed by atoms with van der Waals surface area (Å²) in [7, 11) is 0. The van der Waals surface area contributed by atoms with Gasteiger partial charge in [-0.25, -0.2) is 0 Å². The number of pyridine rings is 2. The van der Waals surface area contributed by atoms with Gasteiger partial charge in [0.25, 0.3) is 0 Å². The Hall–Kier alpha value is -3.19. The van der Waals surface area contributed by atoms with Crippen LogP contribution >= 0.6 is 0 Å². The molecule has 0 aliphatic carbocycles. The molecule has 4 N–H and O–H groups in total. The summed E-state index contributed by atoms with van der Waals surface area (Å²) in [6.45, 7) is 2.92. The molecule has 1 saturated heterocycles. The maximum absolute atomic E-state index is 12.8. The largest absolute Gasteiger partial charge is 0.398 e. The average molecular weight is 388 g/mol. The van der Waals surface area contributed by atoms with E-state index in [9.17, 15) is 4.79 Å². The van der Waals surface area contributed by atoms with E-state index in [1.54, 1.807) is 12.3 Å². The predicted molar refractivity (Wildman–Crippen MR) is 113 cm³/mol. The van der Waals surface area contributed by atoms with Crippen LogP contribution in [0.5, 0.6) is 0 Å². The monoisotopic (exact) mass is 388 g/mol. The second kappa shape index (κ2) is 7.33. The Morgan fingerprint density at radius 2 is 2.17 bits per heavy atom. The number of hydrogen-bond donors (Lipinski definition) is 3. The van der Waals surface area contributed by atoms with E-state index in [0.29, 0.717) is 13.1 Å². The van der Waals surface area contributed by atoms with Crippen molar-refractivity contribution in [2.45, 2.75) is 32.0 Å². The van der Waals surface area contributed by atoms with E-state index in [1.165, 1.54) is 5.56 Å². The normalized spacial score (nSPS) is 18.3. The standard InChI is InChI=1S/C22H24N6O/c23-18-4-7-24-20-9-14(1-2-17(18)20)13-28-8-5-19(22(28)29)27-11-16-10-15-3-6-25-21(15)12-26-16/h1-2,4,7,9-10,12,19,25,27H,3,5-6,8,11,13H2,(H2,23,24). The first-order valence-corrected chi connectivity index (χ1v) is 10.0. The summed E-state index contributed by atoms with van der Waals surface area (Å²) in [5, 5.41) is 7.65. The zero-order valence-corrected chi connectivity index (χ0v) is 16.2. The molecule has 1 fully saturated rings. The van der Waals surface area contributed by atoms with E-state index in [4.69, 9.17) is 5.73 Å².